The molecule has 2 bridgehead atoms. The van der Waals surface area contributed by atoms with Crippen molar-refractivity contribution in [3.8, 4) is 0 Å². The standard InChI is InChI=1S/C27H33FN8O/c1-16-10-21(31-15-30-16)35-12-17-11-18(13-35)23(17)32-26-33-24(29-8-9-37)22-25(34-26)36(14-27(22,2)3)20-6-4-19(28)5-7-20/h4-7,10,15,17-18,23,37H,8-9,11-14H2,1-3H3,(H2,29,32,33,34). The number of fused-ring (bicyclic) bond motifs is 3. The second-order valence-corrected chi connectivity index (χ2v) is 11.0. The van der Waals surface area contributed by atoms with Gasteiger partial charge in [-0.3, -0.25) is 0 Å². The summed E-state index contributed by atoms with van der Waals surface area (Å²) in [5.74, 6) is 3.81. The number of aromatic nitrogens is 4. The fourth-order valence-electron chi connectivity index (χ4n) is 6.09. The number of rotatable bonds is 7. The van der Waals surface area contributed by atoms with E-state index in [1.807, 2.05) is 13.0 Å². The van der Waals surface area contributed by atoms with Gasteiger partial charge in [-0.1, -0.05) is 13.8 Å². The number of piperidine rings is 2. The Labute approximate surface area is 216 Å². The molecule has 2 atom stereocenters. The molecule has 7 rings (SSSR count). The molecule has 2 unspecified atom stereocenters. The van der Waals surface area contributed by atoms with Crippen LogP contribution in [0.25, 0.3) is 0 Å². The van der Waals surface area contributed by atoms with Crippen molar-refractivity contribution in [3.05, 3.63) is 53.7 Å². The van der Waals surface area contributed by atoms with Crippen molar-refractivity contribution in [1.29, 1.82) is 0 Å². The molecule has 3 fully saturated rings. The van der Waals surface area contributed by atoms with Crippen LogP contribution in [0, 0.1) is 24.6 Å². The number of nitrogens with zero attached hydrogens (tertiary/aromatic N) is 6. The molecule has 1 saturated carbocycles. The Hall–Kier alpha value is -3.53. The van der Waals surface area contributed by atoms with Crippen LogP contribution >= 0.6 is 0 Å². The molecule has 5 heterocycles. The van der Waals surface area contributed by atoms with Crippen LogP contribution < -0.4 is 20.4 Å². The van der Waals surface area contributed by atoms with Crippen LogP contribution in [-0.4, -0.2) is 63.9 Å². The van der Waals surface area contributed by atoms with Gasteiger partial charge in [0.2, 0.25) is 5.95 Å². The second-order valence-electron chi connectivity index (χ2n) is 11.0. The van der Waals surface area contributed by atoms with Gasteiger partial charge in [-0.25, -0.2) is 14.4 Å². The first-order valence-electron chi connectivity index (χ1n) is 12.9. The van der Waals surface area contributed by atoms with Crippen molar-refractivity contribution < 1.29 is 9.50 Å². The first-order chi connectivity index (χ1) is 17.8. The summed E-state index contributed by atoms with van der Waals surface area (Å²) in [6, 6.07) is 8.86. The van der Waals surface area contributed by atoms with Crippen molar-refractivity contribution in [2.24, 2.45) is 11.8 Å². The minimum absolute atomic E-state index is 0.00870. The molecule has 1 aromatic carbocycles. The van der Waals surface area contributed by atoms with Crippen LogP contribution in [-0.2, 0) is 5.41 Å². The lowest BCUT2D eigenvalue weighted by Gasteiger charge is -2.54. The summed E-state index contributed by atoms with van der Waals surface area (Å²) in [6.07, 6.45) is 2.81. The van der Waals surface area contributed by atoms with Crippen LogP contribution in [0.3, 0.4) is 0 Å². The normalized spacial score (nSPS) is 23.4. The Morgan fingerprint density at radius 1 is 1.11 bits per heavy atom. The molecular formula is C27H33FN8O. The third-order valence-corrected chi connectivity index (χ3v) is 7.86. The molecular weight excluding hydrogens is 471 g/mol. The van der Waals surface area contributed by atoms with Gasteiger partial charge >= 0.3 is 0 Å². The van der Waals surface area contributed by atoms with E-state index in [1.54, 1.807) is 18.5 Å². The van der Waals surface area contributed by atoms with Crippen molar-refractivity contribution >= 4 is 29.1 Å². The molecule has 1 aliphatic carbocycles. The molecule has 4 aliphatic rings. The van der Waals surface area contributed by atoms with Crippen LogP contribution in [0.2, 0.25) is 0 Å². The molecule has 3 N–H and O–H groups in total. The maximum atomic E-state index is 13.6. The lowest BCUT2D eigenvalue weighted by molar-refractivity contribution is 0.129. The number of halogens is 1. The van der Waals surface area contributed by atoms with E-state index < -0.39 is 0 Å². The number of nitrogens with one attached hydrogen (secondary N) is 2. The average Bonchev–Trinajstić information content (AvgIpc) is 3.17. The monoisotopic (exact) mass is 504 g/mol. The molecule has 2 saturated heterocycles. The number of benzene rings is 1. The number of anilines is 5. The Morgan fingerprint density at radius 2 is 1.86 bits per heavy atom. The van der Waals surface area contributed by atoms with Crippen molar-refractivity contribution in [1.82, 2.24) is 19.9 Å². The van der Waals surface area contributed by atoms with Crippen molar-refractivity contribution in [2.75, 3.05) is 53.2 Å². The summed E-state index contributed by atoms with van der Waals surface area (Å²) in [4.78, 5) is 23.1. The van der Waals surface area contributed by atoms with Gasteiger partial charge in [-0.15, -0.1) is 0 Å². The first kappa shape index (κ1) is 23.8. The first-order valence-corrected chi connectivity index (χ1v) is 12.9. The van der Waals surface area contributed by atoms with Gasteiger partial charge in [-0.05, 0) is 49.4 Å². The zero-order valence-electron chi connectivity index (χ0n) is 21.4. The highest BCUT2D eigenvalue weighted by Crippen LogP contribution is 2.48. The zero-order valence-corrected chi connectivity index (χ0v) is 21.4. The third-order valence-electron chi connectivity index (χ3n) is 7.86. The fourth-order valence-corrected chi connectivity index (χ4v) is 6.09. The number of aryl methyl sites for hydroxylation is 1. The highest BCUT2D eigenvalue weighted by Gasteiger charge is 2.48. The van der Waals surface area contributed by atoms with Gasteiger partial charge in [0.05, 0.1) is 6.61 Å². The minimum Gasteiger partial charge on any atom is -0.395 e. The average molecular weight is 505 g/mol. The Morgan fingerprint density at radius 3 is 2.57 bits per heavy atom. The van der Waals surface area contributed by atoms with E-state index in [0.29, 0.717) is 30.9 Å². The molecule has 3 aromatic rings. The Bertz CT molecular complexity index is 1290. The van der Waals surface area contributed by atoms with Crippen LogP contribution in [0.1, 0.15) is 31.5 Å². The fraction of sp³-hybridized carbons (Fsp3) is 0.481. The predicted octanol–water partition coefficient (Wildman–Crippen LogP) is 3.48. The van der Waals surface area contributed by atoms with Gasteiger partial charge in [-0.2, -0.15) is 9.97 Å². The van der Waals surface area contributed by atoms with Crippen LogP contribution in [0.5, 0.6) is 0 Å². The van der Waals surface area contributed by atoms with E-state index in [4.69, 9.17) is 9.97 Å². The maximum Gasteiger partial charge on any atom is 0.226 e. The highest BCUT2D eigenvalue weighted by atomic mass is 19.1. The summed E-state index contributed by atoms with van der Waals surface area (Å²) < 4.78 is 13.6. The summed E-state index contributed by atoms with van der Waals surface area (Å²) >= 11 is 0. The quantitative estimate of drug-likeness (QED) is 0.446. The van der Waals surface area contributed by atoms with E-state index in [-0.39, 0.29) is 23.9 Å². The molecule has 194 valence electrons. The van der Waals surface area contributed by atoms with Crippen molar-refractivity contribution in [3.63, 3.8) is 0 Å². The van der Waals surface area contributed by atoms with Gasteiger partial charge in [0, 0.05) is 60.6 Å². The summed E-state index contributed by atoms with van der Waals surface area (Å²) in [5.41, 5.74) is 2.64. The Balaban J connectivity index is 1.28. The van der Waals surface area contributed by atoms with Gasteiger partial charge in [0.25, 0.3) is 0 Å². The van der Waals surface area contributed by atoms with Gasteiger partial charge < -0.3 is 25.5 Å². The van der Waals surface area contributed by atoms with Crippen LogP contribution in [0.15, 0.2) is 36.7 Å². The molecule has 0 spiro atoms. The smallest absolute Gasteiger partial charge is 0.226 e. The van der Waals surface area contributed by atoms with Crippen molar-refractivity contribution in [2.45, 2.75) is 38.6 Å². The predicted molar refractivity (Wildman–Crippen MR) is 142 cm³/mol. The van der Waals surface area contributed by atoms with Gasteiger partial charge in [0.1, 0.15) is 29.6 Å². The molecule has 37 heavy (non-hydrogen) atoms. The Kier molecular flexibility index (Phi) is 5.86. The number of hydrogen-bond donors (Lipinski definition) is 3. The summed E-state index contributed by atoms with van der Waals surface area (Å²) in [5, 5.41) is 16.5. The van der Waals surface area contributed by atoms with E-state index >= 15 is 0 Å². The lowest BCUT2D eigenvalue weighted by Crippen LogP contribution is -2.61. The zero-order chi connectivity index (χ0) is 25.7. The minimum atomic E-state index is -0.263. The maximum absolute atomic E-state index is 13.6. The summed E-state index contributed by atoms with van der Waals surface area (Å²) in [6.45, 7) is 9.28. The number of hydrogen-bond acceptors (Lipinski definition) is 9. The molecule has 9 nitrogen and oxygen atoms in total. The highest BCUT2D eigenvalue weighted by molar-refractivity contribution is 5.75. The lowest BCUT2D eigenvalue weighted by atomic mass is 9.66. The third kappa shape index (κ3) is 4.33. The van der Waals surface area contributed by atoms with E-state index in [9.17, 15) is 9.50 Å². The molecule has 3 aliphatic heterocycles. The number of aliphatic hydroxyl groups is 1. The van der Waals surface area contributed by atoms with Gasteiger partial charge in [0.15, 0.2) is 0 Å². The summed E-state index contributed by atoms with van der Waals surface area (Å²) in [7, 11) is 0. The van der Waals surface area contributed by atoms with E-state index in [2.05, 4.69) is 44.2 Å². The topological polar surface area (TPSA) is 102 Å². The number of aliphatic hydroxyl groups excluding tert-OH is 1. The SMILES string of the molecule is Cc1cc(N2CC3CC(C2)C3Nc2nc(NCCO)c3c(n2)N(c2ccc(F)cc2)CC3(C)C)ncn1. The van der Waals surface area contributed by atoms with Crippen LogP contribution in [0.4, 0.5) is 33.5 Å². The molecule has 2 aromatic heterocycles. The molecule has 10 heteroatoms. The van der Waals surface area contributed by atoms with E-state index in [1.165, 1.54) is 18.6 Å². The molecule has 0 amide bonds. The largest absolute Gasteiger partial charge is 0.395 e. The van der Waals surface area contributed by atoms with E-state index in [0.717, 1.165) is 47.5 Å². The molecule has 0 radical (unpaired) electrons. The second kappa shape index (κ2) is 9.09.